The zero-order valence-electron chi connectivity index (χ0n) is 14.0. The van der Waals surface area contributed by atoms with E-state index in [2.05, 4.69) is 23.7 Å². The first kappa shape index (κ1) is 22.5. The van der Waals surface area contributed by atoms with Crippen LogP contribution in [0.5, 0.6) is 0 Å². The molecule has 1 aromatic heterocycles. The summed E-state index contributed by atoms with van der Waals surface area (Å²) in [5.74, 6) is -0.551. The van der Waals surface area contributed by atoms with Crippen molar-refractivity contribution in [2.24, 2.45) is 5.92 Å². The Morgan fingerprint density at radius 2 is 2.04 bits per heavy atom. The van der Waals surface area contributed by atoms with Gasteiger partial charge in [0.05, 0.1) is 11.5 Å². The smallest absolute Gasteiger partial charge is 0.308 e. The van der Waals surface area contributed by atoms with Gasteiger partial charge in [-0.15, -0.1) is 24.8 Å². The fourth-order valence-corrected chi connectivity index (χ4v) is 2.73. The molecule has 6 nitrogen and oxygen atoms in total. The molecule has 1 aliphatic rings. The number of carbonyl (C=O) groups excluding carboxylic acids is 1. The summed E-state index contributed by atoms with van der Waals surface area (Å²) in [5, 5.41) is 9.00. The number of pyridine rings is 1. The van der Waals surface area contributed by atoms with Crippen LogP contribution in [0, 0.1) is 5.92 Å². The molecule has 1 amide bonds. The average Bonchev–Trinajstić information content (AvgIpc) is 3.02. The SMILES string of the molecule is CCCN(CC)c1ccc(C(=O)N2CCC(C(=O)O)C2)cn1.Cl.Cl. The number of hydrogen-bond acceptors (Lipinski definition) is 4. The van der Waals surface area contributed by atoms with E-state index >= 15 is 0 Å². The quantitative estimate of drug-likeness (QED) is 0.824. The molecule has 0 radical (unpaired) electrons. The zero-order valence-corrected chi connectivity index (χ0v) is 15.6. The van der Waals surface area contributed by atoms with Crippen LogP contribution < -0.4 is 4.90 Å². The van der Waals surface area contributed by atoms with Crippen LogP contribution in [0.15, 0.2) is 18.3 Å². The second-order valence-corrected chi connectivity index (χ2v) is 5.56. The predicted octanol–water partition coefficient (Wildman–Crippen LogP) is 2.71. The second kappa shape index (κ2) is 10.4. The zero-order chi connectivity index (χ0) is 16.1. The molecule has 8 heteroatoms. The number of hydrogen-bond donors (Lipinski definition) is 1. The van der Waals surface area contributed by atoms with Crippen LogP contribution in [0.2, 0.25) is 0 Å². The fourth-order valence-electron chi connectivity index (χ4n) is 2.73. The van der Waals surface area contributed by atoms with Crippen LogP contribution in [0.3, 0.4) is 0 Å². The van der Waals surface area contributed by atoms with Crippen LogP contribution in [0.1, 0.15) is 37.0 Å². The summed E-state index contributed by atoms with van der Waals surface area (Å²) in [7, 11) is 0. The number of anilines is 1. The predicted molar refractivity (Wildman–Crippen MR) is 98.6 cm³/mol. The van der Waals surface area contributed by atoms with Gasteiger partial charge in [-0.2, -0.15) is 0 Å². The first-order valence-electron chi connectivity index (χ1n) is 7.79. The Kier molecular flexibility index (Phi) is 9.70. The third kappa shape index (κ3) is 5.24. The first-order chi connectivity index (χ1) is 10.6. The summed E-state index contributed by atoms with van der Waals surface area (Å²) < 4.78 is 0. The van der Waals surface area contributed by atoms with Gasteiger partial charge in [0.15, 0.2) is 0 Å². The second-order valence-electron chi connectivity index (χ2n) is 5.56. The van der Waals surface area contributed by atoms with Gasteiger partial charge in [0.2, 0.25) is 0 Å². The van der Waals surface area contributed by atoms with Crippen molar-refractivity contribution in [2.45, 2.75) is 26.7 Å². The summed E-state index contributed by atoms with van der Waals surface area (Å²) in [6.07, 6.45) is 3.15. The molecule has 1 fully saturated rings. The van der Waals surface area contributed by atoms with E-state index < -0.39 is 11.9 Å². The minimum Gasteiger partial charge on any atom is -0.481 e. The summed E-state index contributed by atoms with van der Waals surface area (Å²) in [5.41, 5.74) is 0.516. The minimum absolute atomic E-state index is 0. The third-order valence-corrected chi connectivity index (χ3v) is 4.02. The van der Waals surface area contributed by atoms with Crippen LogP contribution in [-0.4, -0.2) is 53.0 Å². The Bertz CT molecular complexity index is 540. The lowest BCUT2D eigenvalue weighted by Crippen LogP contribution is -2.30. The number of rotatable bonds is 6. The molecule has 2 rings (SSSR count). The van der Waals surface area contributed by atoms with Crippen molar-refractivity contribution in [3.05, 3.63) is 23.9 Å². The van der Waals surface area contributed by atoms with Crippen LogP contribution >= 0.6 is 24.8 Å². The third-order valence-electron chi connectivity index (χ3n) is 4.02. The van der Waals surface area contributed by atoms with Crippen molar-refractivity contribution in [1.82, 2.24) is 9.88 Å². The number of halogens is 2. The summed E-state index contributed by atoms with van der Waals surface area (Å²) in [6, 6.07) is 3.63. The molecule has 2 heterocycles. The molecule has 0 aromatic carbocycles. The molecule has 0 bridgehead atoms. The van der Waals surface area contributed by atoms with Crippen molar-refractivity contribution in [3.63, 3.8) is 0 Å². The van der Waals surface area contributed by atoms with Gasteiger partial charge in [-0.05, 0) is 31.9 Å². The van der Waals surface area contributed by atoms with Gasteiger partial charge < -0.3 is 14.9 Å². The van der Waals surface area contributed by atoms with Crippen molar-refractivity contribution in [3.8, 4) is 0 Å². The normalized spacial score (nSPS) is 16.1. The monoisotopic (exact) mass is 377 g/mol. The van der Waals surface area contributed by atoms with E-state index in [0.717, 1.165) is 25.3 Å². The lowest BCUT2D eigenvalue weighted by Gasteiger charge is -2.21. The van der Waals surface area contributed by atoms with Gasteiger partial charge in [0, 0.05) is 32.4 Å². The number of carbonyl (C=O) groups is 2. The minimum atomic E-state index is -0.832. The van der Waals surface area contributed by atoms with Gasteiger partial charge in [0.25, 0.3) is 5.91 Å². The lowest BCUT2D eigenvalue weighted by atomic mass is 10.1. The van der Waals surface area contributed by atoms with Crippen molar-refractivity contribution < 1.29 is 14.7 Å². The van der Waals surface area contributed by atoms with Crippen LogP contribution in [0.4, 0.5) is 5.82 Å². The van der Waals surface area contributed by atoms with Gasteiger partial charge in [-0.3, -0.25) is 9.59 Å². The molecule has 136 valence electrons. The largest absolute Gasteiger partial charge is 0.481 e. The Morgan fingerprint density at radius 3 is 2.50 bits per heavy atom. The first-order valence-corrected chi connectivity index (χ1v) is 7.79. The van der Waals surface area contributed by atoms with E-state index in [-0.39, 0.29) is 37.3 Å². The number of amides is 1. The Labute approximate surface area is 155 Å². The highest BCUT2D eigenvalue weighted by atomic mass is 35.5. The maximum absolute atomic E-state index is 12.4. The standard InChI is InChI=1S/C16H23N3O3.2ClH/c1-3-8-18(4-2)14-6-5-12(10-17-14)15(20)19-9-7-13(11-19)16(21)22;;/h5-6,10,13H,3-4,7-9,11H2,1-2H3,(H,21,22);2*1H. The lowest BCUT2D eigenvalue weighted by molar-refractivity contribution is -0.141. The topological polar surface area (TPSA) is 73.7 Å². The van der Waals surface area contributed by atoms with E-state index in [0.29, 0.717) is 18.5 Å². The summed E-state index contributed by atoms with van der Waals surface area (Å²) in [4.78, 5) is 31.5. The van der Waals surface area contributed by atoms with Crippen molar-refractivity contribution in [1.29, 1.82) is 0 Å². The summed E-state index contributed by atoms with van der Waals surface area (Å²) in [6.45, 7) is 6.78. The number of aromatic nitrogens is 1. The maximum atomic E-state index is 12.4. The van der Waals surface area contributed by atoms with Gasteiger partial charge >= 0.3 is 5.97 Å². The van der Waals surface area contributed by atoms with E-state index in [9.17, 15) is 9.59 Å². The van der Waals surface area contributed by atoms with E-state index in [4.69, 9.17) is 5.11 Å². The highest BCUT2D eigenvalue weighted by Crippen LogP contribution is 2.19. The number of carboxylic acid groups (broad SMARTS) is 1. The molecule has 1 unspecified atom stereocenters. The highest BCUT2D eigenvalue weighted by molar-refractivity contribution is 5.94. The molecule has 0 spiro atoms. The van der Waals surface area contributed by atoms with E-state index in [1.54, 1.807) is 17.2 Å². The number of carboxylic acids is 1. The number of likely N-dealkylation sites (tertiary alicyclic amines) is 1. The molecule has 0 saturated carbocycles. The molecule has 1 aromatic rings. The number of aliphatic carboxylic acids is 1. The van der Waals surface area contributed by atoms with Crippen LogP contribution in [0.25, 0.3) is 0 Å². The van der Waals surface area contributed by atoms with E-state index in [1.165, 1.54) is 0 Å². The molecule has 1 atom stereocenters. The Morgan fingerprint density at radius 1 is 1.33 bits per heavy atom. The molecular formula is C16H25Cl2N3O3. The molecule has 1 aliphatic heterocycles. The molecule has 24 heavy (non-hydrogen) atoms. The van der Waals surface area contributed by atoms with Gasteiger partial charge in [-0.1, -0.05) is 6.92 Å². The van der Waals surface area contributed by atoms with E-state index in [1.807, 2.05) is 6.07 Å². The fraction of sp³-hybridized carbons (Fsp3) is 0.562. The molecule has 1 saturated heterocycles. The molecule has 0 aliphatic carbocycles. The Hall–Kier alpha value is -1.53. The Balaban J connectivity index is 0.00000264. The highest BCUT2D eigenvalue weighted by Gasteiger charge is 2.31. The average molecular weight is 378 g/mol. The number of nitrogens with zero attached hydrogens (tertiary/aromatic N) is 3. The summed E-state index contributed by atoms with van der Waals surface area (Å²) >= 11 is 0. The molecular weight excluding hydrogens is 353 g/mol. The molecule has 1 N–H and O–H groups in total. The van der Waals surface area contributed by atoms with Crippen molar-refractivity contribution in [2.75, 3.05) is 31.1 Å². The van der Waals surface area contributed by atoms with Crippen LogP contribution in [-0.2, 0) is 4.79 Å². The van der Waals surface area contributed by atoms with Crippen molar-refractivity contribution >= 4 is 42.5 Å². The van der Waals surface area contributed by atoms with Gasteiger partial charge in [-0.25, -0.2) is 4.98 Å². The van der Waals surface area contributed by atoms with Gasteiger partial charge in [0.1, 0.15) is 5.82 Å². The maximum Gasteiger partial charge on any atom is 0.308 e.